The SMILES string of the molecule is COC(=O)C1C2c3ccccc3O[C@]1(C)N=c1s/c(=C/c3cc(Cl)cc(Cl)c3O)c(=O)n12. The summed E-state index contributed by atoms with van der Waals surface area (Å²) in [6.45, 7) is 1.71. The van der Waals surface area contributed by atoms with Crippen molar-refractivity contribution in [2.24, 2.45) is 10.9 Å². The highest BCUT2D eigenvalue weighted by molar-refractivity contribution is 7.07. The van der Waals surface area contributed by atoms with Crippen LogP contribution in [0.15, 0.2) is 46.2 Å². The number of halogens is 2. The summed E-state index contributed by atoms with van der Waals surface area (Å²) in [4.78, 5) is 31.4. The van der Waals surface area contributed by atoms with E-state index in [9.17, 15) is 14.7 Å². The molecule has 0 saturated carbocycles. The molecule has 7 nitrogen and oxygen atoms in total. The molecule has 0 saturated heterocycles. The number of phenolic OH excluding ortho intramolecular Hbond substituents is 1. The lowest BCUT2D eigenvalue weighted by Crippen LogP contribution is -2.58. The maximum atomic E-state index is 13.5. The number of rotatable bonds is 2. The molecule has 2 aromatic carbocycles. The second-order valence-corrected chi connectivity index (χ2v) is 9.50. The van der Waals surface area contributed by atoms with Crippen LogP contribution in [0.4, 0.5) is 0 Å². The first-order chi connectivity index (χ1) is 15.2. The zero-order chi connectivity index (χ0) is 22.8. The van der Waals surface area contributed by atoms with Crippen LogP contribution in [0.1, 0.15) is 24.1 Å². The van der Waals surface area contributed by atoms with Gasteiger partial charge in [0.25, 0.3) is 5.56 Å². The number of nitrogens with zero attached hydrogens (tertiary/aromatic N) is 2. The summed E-state index contributed by atoms with van der Waals surface area (Å²) in [5.41, 5.74) is -0.616. The van der Waals surface area contributed by atoms with E-state index in [1.54, 1.807) is 13.0 Å². The molecule has 32 heavy (non-hydrogen) atoms. The molecule has 1 aromatic heterocycles. The number of phenols is 1. The van der Waals surface area contributed by atoms with Crippen molar-refractivity contribution in [1.29, 1.82) is 0 Å². The zero-order valence-corrected chi connectivity index (χ0v) is 19.2. The van der Waals surface area contributed by atoms with E-state index >= 15 is 0 Å². The Morgan fingerprint density at radius 3 is 2.84 bits per heavy atom. The number of esters is 1. The van der Waals surface area contributed by atoms with Crippen molar-refractivity contribution in [3.8, 4) is 11.5 Å². The number of methoxy groups -OCH3 is 1. The highest BCUT2D eigenvalue weighted by Gasteiger charge is 2.55. The molecule has 2 aliphatic rings. The topological polar surface area (TPSA) is 90.1 Å². The van der Waals surface area contributed by atoms with Gasteiger partial charge in [0.15, 0.2) is 4.80 Å². The van der Waals surface area contributed by atoms with Gasteiger partial charge in [0.2, 0.25) is 5.72 Å². The van der Waals surface area contributed by atoms with E-state index in [-0.39, 0.29) is 16.3 Å². The van der Waals surface area contributed by atoms with Crippen molar-refractivity contribution in [2.45, 2.75) is 18.7 Å². The third-order valence-corrected chi connectivity index (χ3v) is 7.17. The van der Waals surface area contributed by atoms with Crippen molar-refractivity contribution >= 4 is 46.6 Å². The fraction of sp³-hybridized carbons (Fsp3) is 0.227. The lowest BCUT2D eigenvalue weighted by molar-refractivity contribution is -0.158. The Morgan fingerprint density at radius 2 is 2.09 bits per heavy atom. The summed E-state index contributed by atoms with van der Waals surface area (Å²) in [7, 11) is 1.30. The lowest BCUT2D eigenvalue weighted by Gasteiger charge is -2.44. The van der Waals surface area contributed by atoms with Gasteiger partial charge < -0.3 is 14.6 Å². The number of carbonyl (C=O) groups is 1. The normalized spacial score (nSPS) is 23.6. The van der Waals surface area contributed by atoms with Gasteiger partial charge in [-0.15, -0.1) is 0 Å². The molecular formula is C22H16Cl2N2O5S. The molecule has 0 radical (unpaired) electrons. The molecular weight excluding hydrogens is 475 g/mol. The van der Waals surface area contributed by atoms with Gasteiger partial charge in [-0.1, -0.05) is 52.7 Å². The van der Waals surface area contributed by atoms with Crippen LogP contribution in [0.25, 0.3) is 6.08 Å². The average molecular weight is 491 g/mol. The van der Waals surface area contributed by atoms with Crippen molar-refractivity contribution in [3.05, 3.63) is 77.3 Å². The van der Waals surface area contributed by atoms with E-state index in [0.717, 1.165) is 11.3 Å². The smallest absolute Gasteiger partial charge is 0.317 e. The maximum absolute atomic E-state index is 13.5. The van der Waals surface area contributed by atoms with Gasteiger partial charge >= 0.3 is 5.97 Å². The number of para-hydroxylation sites is 1. The van der Waals surface area contributed by atoms with Crippen LogP contribution < -0.4 is 19.6 Å². The largest absolute Gasteiger partial charge is 0.506 e. The van der Waals surface area contributed by atoms with Gasteiger partial charge in [-0.05, 0) is 31.2 Å². The molecule has 2 aliphatic heterocycles. The second kappa shape index (κ2) is 7.37. The summed E-state index contributed by atoms with van der Waals surface area (Å²) < 4.78 is 13.0. The minimum absolute atomic E-state index is 0.0753. The molecule has 0 amide bonds. The molecule has 164 valence electrons. The van der Waals surface area contributed by atoms with Crippen LogP contribution in [0.5, 0.6) is 11.5 Å². The fourth-order valence-corrected chi connectivity index (χ4v) is 5.87. The van der Waals surface area contributed by atoms with Crippen molar-refractivity contribution in [2.75, 3.05) is 7.11 Å². The Kier molecular flexibility index (Phi) is 4.85. The highest BCUT2D eigenvalue weighted by Crippen LogP contribution is 2.47. The van der Waals surface area contributed by atoms with E-state index in [2.05, 4.69) is 4.99 Å². The Labute approximate surface area is 195 Å². The Morgan fingerprint density at radius 1 is 1.34 bits per heavy atom. The van der Waals surface area contributed by atoms with E-state index < -0.39 is 23.7 Å². The van der Waals surface area contributed by atoms with Crippen LogP contribution in [-0.2, 0) is 9.53 Å². The molecule has 3 heterocycles. The van der Waals surface area contributed by atoms with Crippen LogP contribution >= 0.6 is 34.5 Å². The summed E-state index contributed by atoms with van der Waals surface area (Å²) in [5, 5.41) is 10.7. The van der Waals surface area contributed by atoms with E-state index in [1.807, 2.05) is 18.2 Å². The predicted octanol–water partition coefficient (Wildman–Crippen LogP) is 2.87. The second-order valence-electron chi connectivity index (χ2n) is 7.65. The Balaban J connectivity index is 1.81. The number of aromatic hydroxyl groups is 1. The number of hydrogen-bond donors (Lipinski definition) is 1. The standard InChI is InChI=1S/C22H16Cl2N2O5S/c1-22-16(20(29)30-2)17(12-5-3-4-6-14(12)31-22)26-19(28)15(32-21(26)25-22)8-10-7-11(23)9-13(24)18(10)27/h3-9,16-17,27H,1-2H3/b15-8+/t16?,17?,22-/m0/s1. The number of benzene rings is 2. The third-order valence-electron chi connectivity index (χ3n) is 5.68. The molecule has 2 bridgehead atoms. The molecule has 1 N–H and O–H groups in total. The number of hydrogen-bond acceptors (Lipinski definition) is 7. The number of ether oxygens (including phenoxy) is 2. The van der Waals surface area contributed by atoms with Crippen molar-refractivity contribution < 1.29 is 19.4 Å². The highest BCUT2D eigenvalue weighted by atomic mass is 35.5. The van der Waals surface area contributed by atoms with Gasteiger partial charge in [0.1, 0.15) is 17.4 Å². The van der Waals surface area contributed by atoms with Crippen molar-refractivity contribution in [1.82, 2.24) is 4.57 Å². The van der Waals surface area contributed by atoms with Gasteiger partial charge in [0.05, 0.1) is 22.7 Å². The Bertz CT molecular complexity index is 1460. The molecule has 5 rings (SSSR count). The third kappa shape index (κ3) is 3.05. The average Bonchev–Trinajstić information content (AvgIpc) is 3.04. The van der Waals surface area contributed by atoms with Gasteiger partial charge in [-0.2, -0.15) is 0 Å². The quantitative estimate of drug-likeness (QED) is 0.557. The molecule has 3 atom stereocenters. The number of thiazole rings is 1. The van der Waals surface area contributed by atoms with Crippen LogP contribution in [0, 0.1) is 5.92 Å². The molecule has 2 unspecified atom stereocenters. The maximum Gasteiger partial charge on any atom is 0.317 e. The number of carbonyl (C=O) groups excluding carboxylic acids is 1. The number of aromatic nitrogens is 1. The molecule has 0 fully saturated rings. The molecule has 0 spiro atoms. The Hall–Kier alpha value is -2.81. The van der Waals surface area contributed by atoms with Gasteiger partial charge in [-0.3, -0.25) is 14.2 Å². The van der Waals surface area contributed by atoms with Crippen LogP contribution in [-0.4, -0.2) is 28.5 Å². The van der Waals surface area contributed by atoms with Gasteiger partial charge in [0, 0.05) is 16.1 Å². The number of fused-ring (bicyclic) bond motifs is 6. The summed E-state index contributed by atoms with van der Waals surface area (Å²) in [5.74, 6) is -1.01. The van der Waals surface area contributed by atoms with E-state index in [4.69, 9.17) is 32.7 Å². The summed E-state index contributed by atoms with van der Waals surface area (Å²) in [6, 6.07) is 9.51. The summed E-state index contributed by atoms with van der Waals surface area (Å²) >= 11 is 13.2. The minimum atomic E-state index is -1.25. The monoisotopic (exact) mass is 490 g/mol. The molecule has 3 aromatic rings. The predicted molar refractivity (Wildman–Crippen MR) is 120 cm³/mol. The molecule has 0 aliphatic carbocycles. The van der Waals surface area contributed by atoms with Crippen LogP contribution in [0.2, 0.25) is 10.0 Å². The van der Waals surface area contributed by atoms with E-state index in [0.29, 0.717) is 31.2 Å². The lowest BCUT2D eigenvalue weighted by atomic mass is 9.81. The van der Waals surface area contributed by atoms with Crippen LogP contribution in [0.3, 0.4) is 0 Å². The molecule has 10 heteroatoms. The van der Waals surface area contributed by atoms with Gasteiger partial charge in [-0.25, -0.2) is 4.99 Å². The minimum Gasteiger partial charge on any atom is -0.506 e. The zero-order valence-electron chi connectivity index (χ0n) is 16.8. The first-order valence-corrected chi connectivity index (χ1v) is 11.2. The van der Waals surface area contributed by atoms with E-state index in [1.165, 1.54) is 29.9 Å². The first-order valence-electron chi connectivity index (χ1n) is 9.60. The fourth-order valence-electron chi connectivity index (χ4n) is 4.27. The summed E-state index contributed by atoms with van der Waals surface area (Å²) in [6.07, 6.45) is 1.51. The first kappa shape index (κ1) is 21.1. The van der Waals surface area contributed by atoms with Crippen molar-refractivity contribution in [3.63, 3.8) is 0 Å².